The Morgan fingerprint density at radius 2 is 1.56 bits per heavy atom. The summed E-state index contributed by atoms with van der Waals surface area (Å²) in [6.45, 7) is 12.1. The standard InChI is InChI=1S/C19H26N2O4S2/c1-18(2,3)12-8-11(9-13(15(12)22)19(4,5)6)10-14-16(23)20-17(26-14)21-27(7,24)25/h8-10,22H,1-7H3,(H,20,21,23). The first kappa shape index (κ1) is 21.5. The second kappa shape index (κ2) is 6.98. The second-order valence-corrected chi connectivity index (χ2v) is 11.3. The van der Waals surface area contributed by atoms with Crippen LogP contribution in [0, 0.1) is 0 Å². The van der Waals surface area contributed by atoms with E-state index >= 15 is 0 Å². The Balaban J connectivity index is 2.58. The maximum Gasteiger partial charge on any atom is 0.264 e. The van der Waals surface area contributed by atoms with Crippen LogP contribution >= 0.6 is 11.8 Å². The normalized spacial score (nSPS) is 19.0. The molecule has 1 amide bonds. The predicted molar refractivity (Wildman–Crippen MR) is 111 cm³/mol. The van der Waals surface area contributed by atoms with Gasteiger partial charge >= 0.3 is 0 Å². The molecule has 1 aromatic carbocycles. The SMILES string of the molecule is CC(C)(C)c1cc(C=C2S/C(=N\S(C)(=O)=O)NC2=O)cc(C(C)(C)C)c1O. The molecule has 0 aromatic heterocycles. The minimum Gasteiger partial charge on any atom is -0.507 e. The molecular formula is C19H26N2O4S2. The maximum atomic E-state index is 12.2. The number of carbonyl (C=O) groups excluding carboxylic acids is 1. The largest absolute Gasteiger partial charge is 0.507 e. The highest BCUT2D eigenvalue weighted by Crippen LogP contribution is 2.40. The molecule has 1 aliphatic heterocycles. The average molecular weight is 411 g/mol. The lowest BCUT2D eigenvalue weighted by Gasteiger charge is -2.28. The van der Waals surface area contributed by atoms with Crippen molar-refractivity contribution in [3.05, 3.63) is 33.7 Å². The minimum absolute atomic E-state index is 0.0413. The second-order valence-electron chi connectivity index (χ2n) is 8.66. The molecule has 6 nitrogen and oxygen atoms in total. The van der Waals surface area contributed by atoms with Gasteiger partial charge in [0.15, 0.2) is 5.17 Å². The number of hydrogen-bond donors (Lipinski definition) is 2. The third kappa shape index (κ3) is 5.35. The van der Waals surface area contributed by atoms with E-state index in [1.165, 1.54) is 0 Å². The summed E-state index contributed by atoms with van der Waals surface area (Å²) < 4.78 is 26.1. The summed E-state index contributed by atoms with van der Waals surface area (Å²) in [5.41, 5.74) is 1.77. The number of phenolic OH excluding ortho intramolecular Hbond substituents is 1. The smallest absolute Gasteiger partial charge is 0.264 e. The number of amides is 1. The molecule has 2 N–H and O–H groups in total. The van der Waals surface area contributed by atoms with Crippen molar-refractivity contribution in [1.29, 1.82) is 0 Å². The number of benzene rings is 1. The molecule has 0 unspecified atom stereocenters. The Morgan fingerprint density at radius 1 is 1.07 bits per heavy atom. The number of nitrogens with one attached hydrogen (secondary N) is 1. The predicted octanol–water partition coefficient (Wildman–Crippen LogP) is 3.51. The summed E-state index contributed by atoms with van der Waals surface area (Å²) in [6, 6.07) is 3.72. The van der Waals surface area contributed by atoms with Gasteiger partial charge in [0, 0.05) is 11.1 Å². The molecular weight excluding hydrogens is 384 g/mol. The molecule has 1 saturated heterocycles. The van der Waals surface area contributed by atoms with Crippen LogP contribution in [-0.4, -0.2) is 30.9 Å². The first-order chi connectivity index (χ1) is 12.1. The Kier molecular flexibility index (Phi) is 5.56. The van der Waals surface area contributed by atoms with E-state index < -0.39 is 15.9 Å². The van der Waals surface area contributed by atoms with Crippen molar-refractivity contribution < 1.29 is 18.3 Å². The van der Waals surface area contributed by atoms with Gasteiger partial charge in [-0.25, -0.2) is 8.42 Å². The molecule has 0 radical (unpaired) electrons. The zero-order valence-electron chi connectivity index (χ0n) is 16.7. The topological polar surface area (TPSA) is 95.8 Å². The number of aromatic hydroxyl groups is 1. The highest BCUT2D eigenvalue weighted by molar-refractivity contribution is 8.19. The van der Waals surface area contributed by atoms with Crippen molar-refractivity contribution in [2.45, 2.75) is 52.4 Å². The fourth-order valence-corrected chi connectivity index (χ4v) is 4.25. The van der Waals surface area contributed by atoms with Crippen molar-refractivity contribution in [1.82, 2.24) is 5.32 Å². The van der Waals surface area contributed by atoms with Gasteiger partial charge in [-0.15, -0.1) is 4.40 Å². The molecule has 1 aromatic rings. The van der Waals surface area contributed by atoms with Crippen molar-refractivity contribution in [3.8, 4) is 5.75 Å². The van der Waals surface area contributed by atoms with Crippen LogP contribution in [0.25, 0.3) is 6.08 Å². The Hall–Kier alpha value is -1.80. The van der Waals surface area contributed by atoms with E-state index in [9.17, 15) is 18.3 Å². The first-order valence-corrected chi connectivity index (χ1v) is 11.1. The zero-order chi connectivity index (χ0) is 20.8. The number of phenols is 1. The third-order valence-electron chi connectivity index (χ3n) is 3.95. The molecule has 8 heteroatoms. The number of rotatable bonds is 2. The van der Waals surface area contributed by atoms with Gasteiger partial charge in [-0.3, -0.25) is 10.1 Å². The molecule has 1 fully saturated rings. The van der Waals surface area contributed by atoms with Crippen LogP contribution in [0.15, 0.2) is 21.4 Å². The molecule has 27 heavy (non-hydrogen) atoms. The molecule has 0 saturated carbocycles. The number of sulfonamides is 1. The lowest BCUT2D eigenvalue weighted by atomic mass is 9.78. The summed E-state index contributed by atoms with van der Waals surface area (Å²) in [5.74, 6) is -0.134. The molecule has 0 bridgehead atoms. The van der Waals surface area contributed by atoms with Gasteiger partial charge in [0.2, 0.25) is 0 Å². The number of thioether (sulfide) groups is 1. The van der Waals surface area contributed by atoms with Crippen LogP contribution < -0.4 is 5.32 Å². The Morgan fingerprint density at radius 3 is 1.96 bits per heavy atom. The van der Waals surface area contributed by atoms with Crippen LogP contribution in [0.3, 0.4) is 0 Å². The molecule has 2 rings (SSSR count). The summed E-state index contributed by atoms with van der Waals surface area (Å²) in [6.07, 6.45) is 2.66. The molecule has 0 aliphatic carbocycles. The number of hydrogen-bond acceptors (Lipinski definition) is 5. The molecule has 1 aliphatic rings. The van der Waals surface area contributed by atoms with Crippen molar-refractivity contribution >= 4 is 38.9 Å². The summed E-state index contributed by atoms with van der Waals surface area (Å²) in [7, 11) is -3.59. The Bertz CT molecular complexity index is 912. The highest BCUT2D eigenvalue weighted by Gasteiger charge is 2.28. The van der Waals surface area contributed by atoms with E-state index in [0.717, 1.165) is 34.7 Å². The van der Waals surface area contributed by atoms with Crippen LogP contribution in [-0.2, 0) is 25.6 Å². The molecule has 0 atom stereocenters. The van der Waals surface area contributed by atoms with Crippen molar-refractivity contribution in [2.24, 2.45) is 4.40 Å². The van der Waals surface area contributed by atoms with E-state index in [-0.39, 0.29) is 21.7 Å². The fraction of sp³-hybridized carbons (Fsp3) is 0.474. The van der Waals surface area contributed by atoms with Gasteiger partial charge in [0.05, 0.1) is 11.2 Å². The van der Waals surface area contributed by atoms with E-state index in [2.05, 4.69) is 9.71 Å². The number of nitrogens with zero attached hydrogens (tertiary/aromatic N) is 1. The van der Waals surface area contributed by atoms with E-state index in [1.807, 2.05) is 53.7 Å². The lowest BCUT2D eigenvalue weighted by molar-refractivity contribution is -0.115. The molecule has 148 valence electrons. The molecule has 0 spiro atoms. The Labute approximate surface area is 165 Å². The van der Waals surface area contributed by atoms with E-state index in [0.29, 0.717) is 4.91 Å². The third-order valence-corrected chi connectivity index (χ3v) is 5.49. The summed E-state index contributed by atoms with van der Waals surface area (Å²) >= 11 is 0.980. The van der Waals surface area contributed by atoms with Crippen molar-refractivity contribution in [2.75, 3.05) is 6.26 Å². The fourth-order valence-electron chi connectivity index (χ4n) is 2.66. The van der Waals surface area contributed by atoms with Gasteiger partial charge in [-0.1, -0.05) is 41.5 Å². The maximum absolute atomic E-state index is 12.2. The van der Waals surface area contributed by atoms with Crippen LogP contribution in [0.2, 0.25) is 0 Å². The van der Waals surface area contributed by atoms with Gasteiger partial charge in [-0.2, -0.15) is 0 Å². The van der Waals surface area contributed by atoms with E-state index in [4.69, 9.17) is 0 Å². The minimum atomic E-state index is -3.59. The number of amidine groups is 1. The average Bonchev–Trinajstić information content (AvgIpc) is 2.75. The summed E-state index contributed by atoms with van der Waals surface area (Å²) in [4.78, 5) is 12.5. The first-order valence-electron chi connectivity index (χ1n) is 8.47. The van der Waals surface area contributed by atoms with Gasteiger partial charge in [0.1, 0.15) is 5.75 Å². The monoisotopic (exact) mass is 410 g/mol. The van der Waals surface area contributed by atoms with Crippen LogP contribution in [0.1, 0.15) is 58.2 Å². The number of carbonyl (C=O) groups is 1. The van der Waals surface area contributed by atoms with Crippen molar-refractivity contribution in [3.63, 3.8) is 0 Å². The quantitative estimate of drug-likeness (QED) is 0.728. The van der Waals surface area contributed by atoms with Gasteiger partial charge < -0.3 is 5.11 Å². The summed E-state index contributed by atoms with van der Waals surface area (Å²) in [5, 5.41) is 13.3. The van der Waals surface area contributed by atoms with Crippen LogP contribution in [0.4, 0.5) is 0 Å². The van der Waals surface area contributed by atoms with Gasteiger partial charge in [-0.05, 0) is 46.4 Å². The van der Waals surface area contributed by atoms with Gasteiger partial charge in [0.25, 0.3) is 15.9 Å². The lowest BCUT2D eigenvalue weighted by Crippen LogP contribution is -2.20. The van der Waals surface area contributed by atoms with E-state index in [1.54, 1.807) is 6.08 Å². The zero-order valence-corrected chi connectivity index (χ0v) is 18.3. The highest BCUT2D eigenvalue weighted by atomic mass is 32.2. The molecule has 1 heterocycles. The van der Waals surface area contributed by atoms with Crippen LogP contribution in [0.5, 0.6) is 5.75 Å².